The highest BCUT2D eigenvalue weighted by Gasteiger charge is 2.21. The molecule has 0 saturated carbocycles. The maximum Gasteiger partial charge on any atom is 0.254 e. The van der Waals surface area contributed by atoms with Crippen LogP contribution in [-0.2, 0) is 13.1 Å². The summed E-state index contributed by atoms with van der Waals surface area (Å²) in [5, 5.41) is 0.621. The van der Waals surface area contributed by atoms with Gasteiger partial charge in [-0.05, 0) is 49.1 Å². The lowest BCUT2D eigenvalue weighted by Crippen LogP contribution is -2.34. The van der Waals surface area contributed by atoms with Gasteiger partial charge < -0.3 is 9.47 Å². The zero-order valence-electron chi connectivity index (χ0n) is 17.8. The number of aromatic nitrogens is 2. The van der Waals surface area contributed by atoms with Gasteiger partial charge in [-0.2, -0.15) is 0 Å². The van der Waals surface area contributed by atoms with Crippen molar-refractivity contribution in [1.82, 2.24) is 14.5 Å². The van der Waals surface area contributed by atoms with Gasteiger partial charge in [0.1, 0.15) is 5.82 Å². The third kappa shape index (κ3) is 4.99. The second kappa shape index (κ2) is 9.45. The molecule has 0 aliphatic carbocycles. The van der Waals surface area contributed by atoms with E-state index >= 15 is 0 Å². The molecule has 2 aromatic carbocycles. The SMILES string of the molecule is CCCCn1c(CN(CC(C)C)C(=O)c2ccc(C)c(Cl)c2)nc2ccccc21. The predicted molar refractivity (Wildman–Crippen MR) is 120 cm³/mol. The minimum absolute atomic E-state index is 0.00491. The van der Waals surface area contributed by atoms with E-state index in [1.54, 1.807) is 6.07 Å². The number of halogens is 1. The summed E-state index contributed by atoms with van der Waals surface area (Å²) < 4.78 is 2.27. The number of imidazole rings is 1. The number of nitrogens with zero attached hydrogens (tertiary/aromatic N) is 3. The van der Waals surface area contributed by atoms with Gasteiger partial charge in [-0.3, -0.25) is 4.79 Å². The molecular formula is C24H30ClN3O. The lowest BCUT2D eigenvalue weighted by molar-refractivity contribution is 0.0716. The fourth-order valence-corrected chi connectivity index (χ4v) is 3.73. The first kappa shape index (κ1) is 21.4. The first-order valence-corrected chi connectivity index (χ1v) is 10.8. The molecule has 0 radical (unpaired) electrons. The summed E-state index contributed by atoms with van der Waals surface area (Å²) in [5.41, 5.74) is 3.71. The van der Waals surface area contributed by atoms with Crippen LogP contribution in [0.15, 0.2) is 42.5 Å². The number of carbonyl (C=O) groups is 1. The molecule has 4 nitrogen and oxygen atoms in total. The maximum absolute atomic E-state index is 13.3. The summed E-state index contributed by atoms with van der Waals surface area (Å²) in [6.07, 6.45) is 2.20. The molecule has 5 heteroatoms. The van der Waals surface area contributed by atoms with Gasteiger partial charge in [0.25, 0.3) is 5.91 Å². The third-order valence-corrected chi connectivity index (χ3v) is 5.50. The summed E-state index contributed by atoms with van der Waals surface area (Å²) in [4.78, 5) is 20.1. The zero-order valence-corrected chi connectivity index (χ0v) is 18.5. The van der Waals surface area contributed by atoms with Crippen molar-refractivity contribution in [2.24, 2.45) is 5.92 Å². The molecule has 0 saturated heterocycles. The van der Waals surface area contributed by atoms with Crippen LogP contribution in [0.1, 0.15) is 55.4 Å². The van der Waals surface area contributed by atoms with Crippen molar-refractivity contribution in [3.05, 3.63) is 64.4 Å². The lowest BCUT2D eigenvalue weighted by Gasteiger charge is -2.25. The average molecular weight is 412 g/mol. The summed E-state index contributed by atoms with van der Waals surface area (Å²) in [5.74, 6) is 1.29. The van der Waals surface area contributed by atoms with Crippen LogP contribution in [-0.4, -0.2) is 26.9 Å². The van der Waals surface area contributed by atoms with Crippen LogP contribution in [0.25, 0.3) is 11.0 Å². The van der Waals surface area contributed by atoms with Gasteiger partial charge in [-0.1, -0.05) is 57.0 Å². The molecule has 1 aromatic heterocycles. The van der Waals surface area contributed by atoms with Crippen molar-refractivity contribution >= 4 is 28.5 Å². The second-order valence-electron chi connectivity index (χ2n) is 8.07. The minimum Gasteiger partial charge on any atom is -0.331 e. The van der Waals surface area contributed by atoms with Gasteiger partial charge in [0.05, 0.1) is 17.6 Å². The van der Waals surface area contributed by atoms with E-state index in [1.807, 2.05) is 42.2 Å². The van der Waals surface area contributed by atoms with Gasteiger partial charge in [-0.15, -0.1) is 0 Å². The molecule has 1 amide bonds. The first-order chi connectivity index (χ1) is 13.9. The summed E-state index contributed by atoms with van der Waals surface area (Å²) >= 11 is 6.28. The van der Waals surface area contributed by atoms with Crippen LogP contribution in [0.2, 0.25) is 5.02 Å². The van der Waals surface area contributed by atoms with E-state index in [1.165, 1.54) is 0 Å². The van der Waals surface area contributed by atoms with Crippen LogP contribution in [0.5, 0.6) is 0 Å². The molecule has 0 aliphatic heterocycles. The van der Waals surface area contributed by atoms with E-state index < -0.39 is 0 Å². The highest BCUT2D eigenvalue weighted by molar-refractivity contribution is 6.31. The molecular weight excluding hydrogens is 382 g/mol. The molecule has 0 aliphatic rings. The van der Waals surface area contributed by atoms with Crippen LogP contribution in [0.4, 0.5) is 0 Å². The number of benzene rings is 2. The topological polar surface area (TPSA) is 38.1 Å². The molecule has 154 valence electrons. The van der Waals surface area contributed by atoms with Crippen LogP contribution < -0.4 is 0 Å². The van der Waals surface area contributed by atoms with E-state index in [0.717, 1.165) is 41.8 Å². The molecule has 3 rings (SSSR count). The molecule has 1 heterocycles. The minimum atomic E-state index is -0.00491. The van der Waals surface area contributed by atoms with E-state index in [-0.39, 0.29) is 5.91 Å². The van der Waals surface area contributed by atoms with E-state index in [9.17, 15) is 4.79 Å². The normalized spacial score (nSPS) is 11.4. The molecule has 0 N–H and O–H groups in total. The Hall–Kier alpha value is -2.33. The second-order valence-corrected chi connectivity index (χ2v) is 8.47. The Morgan fingerprint density at radius 3 is 2.66 bits per heavy atom. The summed E-state index contributed by atoms with van der Waals surface area (Å²) in [7, 11) is 0. The highest BCUT2D eigenvalue weighted by Crippen LogP contribution is 2.22. The number of unbranched alkanes of at least 4 members (excludes halogenated alkanes) is 1. The van der Waals surface area contributed by atoms with Crippen LogP contribution >= 0.6 is 11.6 Å². The number of carbonyl (C=O) groups excluding carboxylic acids is 1. The highest BCUT2D eigenvalue weighted by atomic mass is 35.5. The number of aryl methyl sites for hydroxylation is 2. The van der Waals surface area contributed by atoms with Crippen molar-refractivity contribution in [3.63, 3.8) is 0 Å². The Bertz CT molecular complexity index is 993. The van der Waals surface area contributed by atoms with Crippen molar-refractivity contribution in [2.75, 3.05) is 6.54 Å². The Morgan fingerprint density at radius 2 is 1.97 bits per heavy atom. The Labute approximate surface area is 178 Å². The van der Waals surface area contributed by atoms with Gasteiger partial charge in [0, 0.05) is 23.7 Å². The molecule has 0 spiro atoms. The third-order valence-electron chi connectivity index (χ3n) is 5.09. The standard InChI is InChI=1S/C24H30ClN3O/c1-5-6-13-28-22-10-8-7-9-21(22)26-23(28)16-27(15-17(2)3)24(29)19-12-11-18(4)20(25)14-19/h7-12,14,17H,5-6,13,15-16H2,1-4H3. The molecule has 0 bridgehead atoms. The number of para-hydroxylation sites is 2. The summed E-state index contributed by atoms with van der Waals surface area (Å²) in [6, 6.07) is 13.7. The van der Waals surface area contributed by atoms with Crippen molar-refractivity contribution in [1.29, 1.82) is 0 Å². The molecule has 29 heavy (non-hydrogen) atoms. The fraction of sp³-hybridized carbons (Fsp3) is 0.417. The van der Waals surface area contributed by atoms with Crippen molar-refractivity contribution in [3.8, 4) is 0 Å². The van der Waals surface area contributed by atoms with Crippen LogP contribution in [0, 0.1) is 12.8 Å². The van der Waals surface area contributed by atoms with Crippen LogP contribution in [0.3, 0.4) is 0 Å². The van der Waals surface area contributed by atoms with E-state index in [2.05, 4.69) is 31.4 Å². The van der Waals surface area contributed by atoms with Crippen molar-refractivity contribution in [2.45, 2.75) is 53.6 Å². The van der Waals surface area contributed by atoms with Gasteiger partial charge in [0.15, 0.2) is 0 Å². The number of fused-ring (bicyclic) bond motifs is 1. The number of hydrogen-bond acceptors (Lipinski definition) is 2. The smallest absolute Gasteiger partial charge is 0.254 e. The summed E-state index contributed by atoms with van der Waals surface area (Å²) in [6.45, 7) is 10.5. The maximum atomic E-state index is 13.3. The monoisotopic (exact) mass is 411 g/mol. The number of amides is 1. The number of rotatable bonds is 8. The Kier molecular flexibility index (Phi) is 6.96. The van der Waals surface area contributed by atoms with Gasteiger partial charge in [0.2, 0.25) is 0 Å². The van der Waals surface area contributed by atoms with E-state index in [4.69, 9.17) is 16.6 Å². The Balaban J connectivity index is 1.96. The zero-order chi connectivity index (χ0) is 21.0. The van der Waals surface area contributed by atoms with Gasteiger partial charge >= 0.3 is 0 Å². The van der Waals surface area contributed by atoms with E-state index in [0.29, 0.717) is 29.6 Å². The first-order valence-electron chi connectivity index (χ1n) is 10.4. The molecule has 0 fully saturated rings. The molecule has 0 unspecified atom stereocenters. The lowest BCUT2D eigenvalue weighted by atomic mass is 10.1. The average Bonchev–Trinajstić information content (AvgIpc) is 3.04. The number of hydrogen-bond donors (Lipinski definition) is 0. The van der Waals surface area contributed by atoms with Crippen molar-refractivity contribution < 1.29 is 4.79 Å². The molecule has 3 aromatic rings. The van der Waals surface area contributed by atoms with Gasteiger partial charge in [-0.25, -0.2) is 4.98 Å². The largest absolute Gasteiger partial charge is 0.331 e. The predicted octanol–water partition coefficient (Wildman–Crippen LogP) is 6.10. The quantitative estimate of drug-likeness (QED) is 0.449. The Morgan fingerprint density at radius 1 is 1.21 bits per heavy atom. The fourth-order valence-electron chi connectivity index (χ4n) is 3.55. The molecule has 0 atom stereocenters.